The second-order valence-electron chi connectivity index (χ2n) is 10.1. The molecular formula is C34H44O5. The third kappa shape index (κ3) is 10.8. The lowest BCUT2D eigenvalue weighted by Gasteiger charge is -2.17. The highest BCUT2D eigenvalue weighted by molar-refractivity contribution is 5.91. The van der Waals surface area contributed by atoms with Gasteiger partial charge in [-0.3, -0.25) is 0 Å². The molecule has 0 aromatic heterocycles. The molecule has 0 aliphatic rings. The smallest absolute Gasteiger partial charge is 0.343 e. The average Bonchev–Trinajstić information content (AvgIpc) is 2.96. The van der Waals surface area contributed by atoms with Crippen molar-refractivity contribution in [1.82, 2.24) is 0 Å². The van der Waals surface area contributed by atoms with Crippen molar-refractivity contribution in [1.29, 1.82) is 0 Å². The number of hydrogen-bond donors (Lipinski definition) is 0. The number of esters is 1. The van der Waals surface area contributed by atoms with Crippen LogP contribution in [0.2, 0.25) is 0 Å². The molecule has 0 bridgehead atoms. The van der Waals surface area contributed by atoms with Crippen molar-refractivity contribution in [3.05, 3.63) is 78.4 Å². The maximum absolute atomic E-state index is 12.6. The van der Waals surface area contributed by atoms with Gasteiger partial charge in [-0.25, -0.2) is 4.79 Å². The van der Waals surface area contributed by atoms with Gasteiger partial charge in [-0.15, -0.1) is 0 Å². The Morgan fingerprint density at radius 3 is 1.85 bits per heavy atom. The SMILES string of the molecule is CCCCCCCCOc1ccc(OC(=O)c2ccc(-c3ccc(O[C@H](C)CC[C@H](C)OC)cc3)cc2)cc1. The molecule has 3 aromatic rings. The normalized spacial score (nSPS) is 12.5. The lowest BCUT2D eigenvalue weighted by Crippen LogP contribution is -2.15. The standard InChI is InChI=1S/C34H44O5/c1-5-6-7-8-9-10-25-37-31-21-23-33(24-22-31)39-34(35)30-15-13-28(14-16-30)29-17-19-32(20-18-29)38-27(3)12-11-26(2)36-4/h13-24,26-27H,5-12,25H2,1-4H3/t26-,27+/m0/s1. The van der Waals surface area contributed by atoms with Crippen molar-refractivity contribution in [2.24, 2.45) is 0 Å². The van der Waals surface area contributed by atoms with Crippen molar-refractivity contribution < 1.29 is 23.7 Å². The lowest BCUT2D eigenvalue weighted by molar-refractivity contribution is 0.0734. The largest absolute Gasteiger partial charge is 0.494 e. The molecule has 5 heteroatoms. The van der Waals surface area contributed by atoms with Gasteiger partial charge >= 0.3 is 5.97 Å². The molecule has 210 valence electrons. The second-order valence-corrected chi connectivity index (χ2v) is 10.1. The summed E-state index contributed by atoms with van der Waals surface area (Å²) in [6.07, 6.45) is 9.65. The van der Waals surface area contributed by atoms with E-state index in [4.69, 9.17) is 18.9 Å². The number of ether oxygens (including phenoxy) is 4. The minimum Gasteiger partial charge on any atom is -0.494 e. The molecule has 0 aliphatic carbocycles. The Labute approximate surface area is 234 Å². The zero-order valence-electron chi connectivity index (χ0n) is 24.0. The monoisotopic (exact) mass is 532 g/mol. The lowest BCUT2D eigenvalue weighted by atomic mass is 10.0. The van der Waals surface area contributed by atoms with E-state index in [9.17, 15) is 4.79 Å². The summed E-state index contributed by atoms with van der Waals surface area (Å²) in [6, 6.07) is 22.7. The van der Waals surface area contributed by atoms with Gasteiger partial charge in [0.15, 0.2) is 0 Å². The van der Waals surface area contributed by atoms with E-state index in [2.05, 4.69) is 20.8 Å². The van der Waals surface area contributed by atoms with E-state index in [1.54, 1.807) is 31.4 Å². The average molecular weight is 533 g/mol. The van der Waals surface area contributed by atoms with Crippen LogP contribution in [0.1, 0.15) is 82.5 Å². The first-order valence-electron chi connectivity index (χ1n) is 14.3. The second kappa shape index (κ2) is 16.6. The first-order valence-corrected chi connectivity index (χ1v) is 14.3. The van der Waals surface area contributed by atoms with Crippen molar-refractivity contribution >= 4 is 5.97 Å². The van der Waals surface area contributed by atoms with Gasteiger partial charge in [0.1, 0.15) is 17.2 Å². The molecule has 0 radical (unpaired) electrons. The molecule has 3 aromatic carbocycles. The van der Waals surface area contributed by atoms with Crippen LogP contribution in [0, 0.1) is 0 Å². The van der Waals surface area contributed by atoms with Crippen LogP contribution in [-0.4, -0.2) is 31.9 Å². The van der Waals surface area contributed by atoms with Crippen molar-refractivity contribution in [3.63, 3.8) is 0 Å². The molecule has 0 N–H and O–H groups in total. The van der Waals surface area contributed by atoms with Crippen LogP contribution in [0.3, 0.4) is 0 Å². The molecule has 0 saturated heterocycles. The zero-order chi connectivity index (χ0) is 27.9. The maximum Gasteiger partial charge on any atom is 0.343 e. The number of carbonyl (C=O) groups is 1. The fraction of sp³-hybridized carbons (Fsp3) is 0.441. The van der Waals surface area contributed by atoms with Crippen LogP contribution in [0.25, 0.3) is 11.1 Å². The van der Waals surface area contributed by atoms with Crippen molar-refractivity contribution in [2.45, 2.75) is 84.3 Å². The van der Waals surface area contributed by atoms with Crippen LogP contribution >= 0.6 is 0 Å². The Hall–Kier alpha value is -3.31. The number of benzene rings is 3. The van der Waals surface area contributed by atoms with Gasteiger partial charge in [0.05, 0.1) is 24.4 Å². The minimum absolute atomic E-state index is 0.118. The highest BCUT2D eigenvalue weighted by Gasteiger charge is 2.11. The van der Waals surface area contributed by atoms with Crippen molar-refractivity contribution in [2.75, 3.05) is 13.7 Å². The molecule has 0 aliphatic heterocycles. The Bertz CT molecular complexity index is 1090. The van der Waals surface area contributed by atoms with Gasteiger partial charge in [0, 0.05) is 7.11 Å². The van der Waals surface area contributed by atoms with Gasteiger partial charge in [0.25, 0.3) is 0 Å². The Morgan fingerprint density at radius 1 is 0.667 bits per heavy atom. The van der Waals surface area contributed by atoms with E-state index in [0.29, 0.717) is 17.9 Å². The van der Waals surface area contributed by atoms with E-state index in [0.717, 1.165) is 41.9 Å². The van der Waals surface area contributed by atoms with Crippen LogP contribution < -0.4 is 14.2 Å². The van der Waals surface area contributed by atoms with E-state index in [1.165, 1.54) is 32.1 Å². The van der Waals surface area contributed by atoms with E-state index in [1.807, 2.05) is 48.5 Å². The van der Waals surface area contributed by atoms with Crippen LogP contribution in [0.5, 0.6) is 17.2 Å². The van der Waals surface area contributed by atoms with Gasteiger partial charge < -0.3 is 18.9 Å². The highest BCUT2D eigenvalue weighted by atomic mass is 16.5. The molecule has 0 spiro atoms. The first-order chi connectivity index (χ1) is 19.0. The fourth-order valence-electron chi connectivity index (χ4n) is 4.25. The first kappa shape index (κ1) is 30.2. The Balaban J connectivity index is 1.44. The molecule has 3 rings (SSSR count). The van der Waals surface area contributed by atoms with Gasteiger partial charge in [0.2, 0.25) is 0 Å². The molecular weight excluding hydrogens is 488 g/mol. The van der Waals surface area contributed by atoms with E-state index < -0.39 is 0 Å². The number of hydrogen-bond acceptors (Lipinski definition) is 5. The van der Waals surface area contributed by atoms with E-state index in [-0.39, 0.29) is 18.2 Å². The number of rotatable bonds is 17. The molecule has 2 atom stereocenters. The number of methoxy groups -OCH3 is 1. The summed E-state index contributed by atoms with van der Waals surface area (Å²) in [4.78, 5) is 12.6. The van der Waals surface area contributed by atoms with Gasteiger partial charge in [-0.2, -0.15) is 0 Å². The fourth-order valence-corrected chi connectivity index (χ4v) is 4.25. The molecule has 0 saturated carbocycles. The quantitative estimate of drug-likeness (QED) is 0.0987. The third-order valence-electron chi connectivity index (χ3n) is 6.83. The topological polar surface area (TPSA) is 54.0 Å². The zero-order valence-corrected chi connectivity index (χ0v) is 24.0. The predicted octanol–water partition coefficient (Wildman–Crippen LogP) is 8.89. The van der Waals surface area contributed by atoms with Crippen LogP contribution in [0.15, 0.2) is 72.8 Å². The highest BCUT2D eigenvalue weighted by Crippen LogP contribution is 2.25. The molecule has 39 heavy (non-hydrogen) atoms. The number of carbonyl (C=O) groups excluding carboxylic acids is 1. The van der Waals surface area contributed by atoms with Crippen LogP contribution in [-0.2, 0) is 4.74 Å². The molecule has 0 unspecified atom stereocenters. The summed E-state index contributed by atoms with van der Waals surface area (Å²) in [5.41, 5.74) is 2.58. The molecule has 0 amide bonds. The summed E-state index contributed by atoms with van der Waals surface area (Å²) in [6.45, 7) is 7.08. The summed E-state index contributed by atoms with van der Waals surface area (Å²) in [5.74, 6) is 1.75. The Kier molecular flexibility index (Phi) is 12.9. The molecule has 0 fully saturated rings. The molecule has 0 heterocycles. The number of unbranched alkanes of at least 4 members (excludes halogenated alkanes) is 5. The minimum atomic E-state index is -0.386. The van der Waals surface area contributed by atoms with Crippen molar-refractivity contribution in [3.8, 4) is 28.4 Å². The van der Waals surface area contributed by atoms with Gasteiger partial charge in [-0.1, -0.05) is 63.3 Å². The van der Waals surface area contributed by atoms with Crippen LogP contribution in [0.4, 0.5) is 0 Å². The third-order valence-corrected chi connectivity index (χ3v) is 6.83. The predicted molar refractivity (Wildman–Crippen MR) is 158 cm³/mol. The maximum atomic E-state index is 12.6. The van der Waals surface area contributed by atoms with E-state index >= 15 is 0 Å². The summed E-state index contributed by atoms with van der Waals surface area (Å²) < 4.78 is 22.7. The molecule has 5 nitrogen and oxygen atoms in total. The summed E-state index contributed by atoms with van der Waals surface area (Å²) in [5, 5.41) is 0. The summed E-state index contributed by atoms with van der Waals surface area (Å²) >= 11 is 0. The summed E-state index contributed by atoms with van der Waals surface area (Å²) in [7, 11) is 1.73. The Morgan fingerprint density at radius 2 is 1.21 bits per heavy atom. The van der Waals surface area contributed by atoms with Gasteiger partial charge in [-0.05, 0) is 92.8 Å².